The Kier molecular flexibility index (Phi) is 3.36. The zero-order valence-corrected chi connectivity index (χ0v) is 6.68. The summed E-state index contributed by atoms with van der Waals surface area (Å²) >= 11 is 0. The van der Waals surface area contributed by atoms with Crippen LogP contribution in [0, 0.1) is 0 Å². The smallest absolute Gasteiger partial charge is 0.303 e. The highest BCUT2D eigenvalue weighted by molar-refractivity contribution is 5.66. The molecule has 0 unspecified atom stereocenters. The maximum absolute atomic E-state index is 10.1. The Morgan fingerprint density at radius 3 is 2.73 bits per heavy atom. The van der Waals surface area contributed by atoms with Crippen LogP contribution in [0.2, 0.25) is 0 Å². The third-order valence-corrected chi connectivity index (χ3v) is 2.11. The van der Waals surface area contributed by atoms with Gasteiger partial charge in [-0.2, -0.15) is 0 Å². The highest BCUT2D eigenvalue weighted by Crippen LogP contribution is 2.17. The number of carbonyl (C=O) groups is 1. The lowest BCUT2D eigenvalue weighted by atomic mass is 9.93. The van der Waals surface area contributed by atoms with Gasteiger partial charge in [0.05, 0.1) is 0 Å². The van der Waals surface area contributed by atoms with Crippen molar-refractivity contribution in [3.05, 3.63) is 0 Å². The van der Waals surface area contributed by atoms with Gasteiger partial charge in [0.2, 0.25) is 0 Å². The van der Waals surface area contributed by atoms with Gasteiger partial charge in [0, 0.05) is 12.5 Å². The second-order valence-electron chi connectivity index (χ2n) is 3.08. The van der Waals surface area contributed by atoms with E-state index in [4.69, 9.17) is 5.11 Å². The van der Waals surface area contributed by atoms with Crippen molar-refractivity contribution in [2.75, 3.05) is 6.54 Å². The molecule has 0 aromatic carbocycles. The van der Waals surface area contributed by atoms with E-state index in [9.17, 15) is 4.79 Å². The molecule has 0 aliphatic heterocycles. The van der Waals surface area contributed by atoms with Crippen molar-refractivity contribution in [3.8, 4) is 0 Å². The SMILES string of the molecule is O=C(O)CCCNC1CCC1. The Bertz CT molecular complexity index is 132. The molecule has 0 heterocycles. The van der Waals surface area contributed by atoms with E-state index in [-0.39, 0.29) is 0 Å². The highest BCUT2D eigenvalue weighted by atomic mass is 16.4. The third kappa shape index (κ3) is 3.37. The van der Waals surface area contributed by atoms with Crippen LogP contribution >= 0.6 is 0 Å². The Morgan fingerprint density at radius 2 is 2.27 bits per heavy atom. The second kappa shape index (κ2) is 4.34. The third-order valence-electron chi connectivity index (χ3n) is 2.11. The summed E-state index contributed by atoms with van der Waals surface area (Å²) < 4.78 is 0. The van der Waals surface area contributed by atoms with Gasteiger partial charge < -0.3 is 10.4 Å². The summed E-state index contributed by atoms with van der Waals surface area (Å²) in [6.45, 7) is 0.858. The predicted octanol–water partition coefficient (Wildman–Crippen LogP) is 0.993. The second-order valence-corrected chi connectivity index (χ2v) is 3.08. The van der Waals surface area contributed by atoms with Crippen molar-refractivity contribution in [2.45, 2.75) is 38.1 Å². The molecule has 64 valence electrons. The molecule has 0 spiro atoms. The molecule has 3 nitrogen and oxygen atoms in total. The van der Waals surface area contributed by atoms with Crippen LogP contribution in [0.1, 0.15) is 32.1 Å². The monoisotopic (exact) mass is 157 g/mol. The minimum atomic E-state index is -0.694. The van der Waals surface area contributed by atoms with Gasteiger partial charge in [-0.15, -0.1) is 0 Å². The van der Waals surface area contributed by atoms with Crippen molar-refractivity contribution in [1.29, 1.82) is 0 Å². The normalized spacial score (nSPS) is 17.8. The first-order valence-electron chi connectivity index (χ1n) is 4.24. The molecule has 1 saturated carbocycles. The number of carboxylic acids is 1. The van der Waals surface area contributed by atoms with Crippen LogP contribution in [0.5, 0.6) is 0 Å². The van der Waals surface area contributed by atoms with Gasteiger partial charge in [-0.25, -0.2) is 0 Å². The zero-order chi connectivity index (χ0) is 8.10. The van der Waals surface area contributed by atoms with E-state index in [0.717, 1.165) is 13.0 Å². The van der Waals surface area contributed by atoms with Gasteiger partial charge in [-0.3, -0.25) is 4.79 Å². The lowest BCUT2D eigenvalue weighted by Gasteiger charge is -2.26. The van der Waals surface area contributed by atoms with Gasteiger partial charge in [-0.05, 0) is 25.8 Å². The van der Waals surface area contributed by atoms with Gasteiger partial charge >= 0.3 is 5.97 Å². The van der Waals surface area contributed by atoms with Crippen molar-refractivity contribution >= 4 is 5.97 Å². The molecule has 0 saturated heterocycles. The van der Waals surface area contributed by atoms with Crippen LogP contribution in [0.3, 0.4) is 0 Å². The Hall–Kier alpha value is -0.570. The van der Waals surface area contributed by atoms with Crippen LogP contribution in [0.25, 0.3) is 0 Å². The summed E-state index contributed by atoms with van der Waals surface area (Å²) in [6, 6.07) is 0.684. The number of nitrogens with one attached hydrogen (secondary N) is 1. The molecule has 2 N–H and O–H groups in total. The summed E-state index contributed by atoms with van der Waals surface area (Å²) in [4.78, 5) is 10.1. The standard InChI is InChI=1S/C8H15NO2/c10-8(11)5-2-6-9-7-3-1-4-7/h7,9H,1-6H2,(H,10,11). The first-order chi connectivity index (χ1) is 5.29. The lowest BCUT2D eigenvalue weighted by Crippen LogP contribution is -2.35. The molecule has 0 aromatic rings. The maximum Gasteiger partial charge on any atom is 0.303 e. The molecular formula is C8H15NO2. The first kappa shape index (κ1) is 8.53. The van der Waals surface area contributed by atoms with E-state index < -0.39 is 5.97 Å². The highest BCUT2D eigenvalue weighted by Gasteiger charge is 2.15. The van der Waals surface area contributed by atoms with E-state index in [2.05, 4.69) is 5.32 Å². The molecule has 1 rings (SSSR count). The largest absolute Gasteiger partial charge is 0.481 e. The molecule has 0 aromatic heterocycles. The lowest BCUT2D eigenvalue weighted by molar-refractivity contribution is -0.137. The molecule has 0 bridgehead atoms. The van der Waals surface area contributed by atoms with Crippen LogP contribution in [-0.4, -0.2) is 23.7 Å². The molecule has 3 heteroatoms. The topological polar surface area (TPSA) is 49.3 Å². The predicted molar refractivity (Wildman–Crippen MR) is 42.5 cm³/mol. The van der Waals surface area contributed by atoms with Crippen molar-refractivity contribution in [3.63, 3.8) is 0 Å². The summed E-state index contributed by atoms with van der Waals surface area (Å²) in [6.07, 6.45) is 4.92. The van der Waals surface area contributed by atoms with E-state index in [1.807, 2.05) is 0 Å². The van der Waals surface area contributed by atoms with Crippen LogP contribution < -0.4 is 5.32 Å². The Balaban J connectivity index is 1.83. The average Bonchev–Trinajstić information content (AvgIpc) is 1.82. The van der Waals surface area contributed by atoms with Gasteiger partial charge in [0.25, 0.3) is 0 Å². The molecular weight excluding hydrogens is 142 g/mol. The summed E-state index contributed by atoms with van der Waals surface area (Å²) in [5, 5.41) is 11.6. The van der Waals surface area contributed by atoms with Crippen LogP contribution in [0.15, 0.2) is 0 Å². The van der Waals surface area contributed by atoms with Crippen molar-refractivity contribution < 1.29 is 9.90 Å². The number of rotatable bonds is 5. The van der Waals surface area contributed by atoms with E-state index in [1.54, 1.807) is 0 Å². The van der Waals surface area contributed by atoms with Crippen LogP contribution in [-0.2, 0) is 4.79 Å². The fourth-order valence-corrected chi connectivity index (χ4v) is 1.16. The molecule has 0 amide bonds. The van der Waals surface area contributed by atoms with Gasteiger partial charge in [0.15, 0.2) is 0 Å². The number of hydrogen-bond acceptors (Lipinski definition) is 2. The van der Waals surface area contributed by atoms with E-state index in [0.29, 0.717) is 12.5 Å². The molecule has 1 fully saturated rings. The first-order valence-corrected chi connectivity index (χ1v) is 4.24. The molecule has 1 aliphatic rings. The minimum absolute atomic E-state index is 0.291. The molecule has 0 atom stereocenters. The average molecular weight is 157 g/mol. The quantitative estimate of drug-likeness (QED) is 0.585. The summed E-state index contributed by atoms with van der Waals surface area (Å²) in [5.74, 6) is -0.694. The van der Waals surface area contributed by atoms with Gasteiger partial charge in [-0.1, -0.05) is 6.42 Å². The number of aliphatic carboxylic acids is 1. The van der Waals surface area contributed by atoms with Gasteiger partial charge in [0.1, 0.15) is 0 Å². The summed E-state index contributed by atoms with van der Waals surface area (Å²) in [7, 11) is 0. The zero-order valence-electron chi connectivity index (χ0n) is 6.68. The minimum Gasteiger partial charge on any atom is -0.481 e. The molecule has 11 heavy (non-hydrogen) atoms. The maximum atomic E-state index is 10.1. The van der Waals surface area contributed by atoms with Crippen LogP contribution in [0.4, 0.5) is 0 Å². The number of hydrogen-bond donors (Lipinski definition) is 2. The fraction of sp³-hybridized carbons (Fsp3) is 0.875. The Labute approximate surface area is 66.8 Å². The fourth-order valence-electron chi connectivity index (χ4n) is 1.16. The Morgan fingerprint density at radius 1 is 1.55 bits per heavy atom. The number of carboxylic acid groups (broad SMARTS) is 1. The molecule has 1 aliphatic carbocycles. The summed E-state index contributed by atoms with van der Waals surface area (Å²) in [5.41, 5.74) is 0. The van der Waals surface area contributed by atoms with E-state index >= 15 is 0 Å². The van der Waals surface area contributed by atoms with E-state index in [1.165, 1.54) is 19.3 Å². The molecule has 0 radical (unpaired) electrons. The van der Waals surface area contributed by atoms with Crippen molar-refractivity contribution in [1.82, 2.24) is 5.32 Å². The van der Waals surface area contributed by atoms with Crippen molar-refractivity contribution in [2.24, 2.45) is 0 Å².